The highest BCUT2D eigenvalue weighted by atomic mass is 16.3. The van der Waals surface area contributed by atoms with Gasteiger partial charge < -0.3 is 15.3 Å². The van der Waals surface area contributed by atoms with Crippen LogP contribution >= 0.6 is 0 Å². The van der Waals surface area contributed by atoms with Crippen molar-refractivity contribution in [3.8, 4) is 0 Å². The first kappa shape index (κ1) is 14.2. The molecule has 0 heterocycles. The Balaban J connectivity index is 2.14. The Morgan fingerprint density at radius 3 is 2.55 bits per heavy atom. The molecule has 3 fully saturated rings. The lowest BCUT2D eigenvalue weighted by atomic mass is 9.47. The molecule has 20 heavy (non-hydrogen) atoms. The van der Waals surface area contributed by atoms with Crippen molar-refractivity contribution >= 4 is 5.78 Å². The van der Waals surface area contributed by atoms with E-state index >= 15 is 0 Å². The van der Waals surface area contributed by atoms with Crippen molar-refractivity contribution < 1.29 is 20.1 Å². The van der Waals surface area contributed by atoms with Crippen LogP contribution in [0.15, 0.2) is 12.2 Å². The third kappa shape index (κ3) is 1.62. The summed E-state index contributed by atoms with van der Waals surface area (Å²) in [5.74, 6) is -0.702. The first-order chi connectivity index (χ1) is 9.19. The number of Topliss-reactive ketones (excluding diaryl/α,β-unsaturated/α-hetero) is 1. The molecule has 4 heteroatoms. The molecule has 0 aliphatic heterocycles. The summed E-state index contributed by atoms with van der Waals surface area (Å²) in [7, 11) is 0. The van der Waals surface area contributed by atoms with Crippen molar-refractivity contribution in [3.05, 3.63) is 12.2 Å². The highest BCUT2D eigenvalue weighted by Gasteiger charge is 2.65. The molecule has 0 aromatic carbocycles. The molecule has 0 bridgehead atoms. The van der Waals surface area contributed by atoms with Crippen LogP contribution in [0.2, 0.25) is 0 Å². The van der Waals surface area contributed by atoms with Gasteiger partial charge in [0.15, 0.2) is 5.78 Å². The number of hydrogen-bond acceptors (Lipinski definition) is 4. The summed E-state index contributed by atoms with van der Waals surface area (Å²) in [5, 5.41) is 32.1. The zero-order chi connectivity index (χ0) is 14.9. The lowest BCUT2D eigenvalue weighted by molar-refractivity contribution is -0.210. The molecule has 0 amide bonds. The molecule has 0 saturated heterocycles. The average Bonchev–Trinajstić information content (AvgIpc) is 2.32. The molecule has 112 valence electrons. The van der Waals surface area contributed by atoms with Crippen LogP contribution in [-0.2, 0) is 4.79 Å². The fourth-order valence-corrected chi connectivity index (χ4v) is 5.07. The van der Waals surface area contributed by atoms with Gasteiger partial charge in [0.2, 0.25) is 0 Å². The van der Waals surface area contributed by atoms with Gasteiger partial charge in [0.25, 0.3) is 0 Å². The van der Waals surface area contributed by atoms with Crippen molar-refractivity contribution in [2.45, 2.75) is 56.8 Å². The van der Waals surface area contributed by atoms with E-state index in [1.54, 1.807) is 6.92 Å². The summed E-state index contributed by atoms with van der Waals surface area (Å²) in [6, 6.07) is 0. The fourth-order valence-electron chi connectivity index (χ4n) is 5.07. The van der Waals surface area contributed by atoms with Gasteiger partial charge in [-0.25, -0.2) is 0 Å². The van der Waals surface area contributed by atoms with Gasteiger partial charge in [0.1, 0.15) is 5.60 Å². The predicted molar refractivity (Wildman–Crippen MR) is 73.8 cm³/mol. The molecule has 3 aliphatic carbocycles. The average molecular weight is 280 g/mol. The van der Waals surface area contributed by atoms with Crippen molar-refractivity contribution in [1.82, 2.24) is 0 Å². The Morgan fingerprint density at radius 1 is 1.25 bits per heavy atom. The Morgan fingerprint density at radius 2 is 1.90 bits per heavy atom. The molecule has 3 saturated carbocycles. The summed E-state index contributed by atoms with van der Waals surface area (Å²) in [4.78, 5) is 12.4. The first-order valence-electron chi connectivity index (χ1n) is 7.54. The molecule has 4 nitrogen and oxygen atoms in total. The van der Waals surface area contributed by atoms with Gasteiger partial charge in [-0.3, -0.25) is 4.79 Å². The topological polar surface area (TPSA) is 77.8 Å². The number of aliphatic hydroxyl groups excluding tert-OH is 1. The van der Waals surface area contributed by atoms with Gasteiger partial charge in [-0.1, -0.05) is 13.5 Å². The van der Waals surface area contributed by atoms with E-state index in [2.05, 4.69) is 6.58 Å². The number of rotatable bonds is 0. The Hall–Kier alpha value is -0.710. The van der Waals surface area contributed by atoms with Crippen LogP contribution in [0.3, 0.4) is 0 Å². The molecule has 0 aromatic heterocycles. The summed E-state index contributed by atoms with van der Waals surface area (Å²) < 4.78 is 0. The lowest BCUT2D eigenvalue weighted by Crippen LogP contribution is -2.68. The van der Waals surface area contributed by atoms with Crippen LogP contribution in [0, 0.1) is 23.7 Å². The second-order valence-electron chi connectivity index (χ2n) is 7.36. The third-order valence-electron chi connectivity index (χ3n) is 6.10. The molecule has 7 unspecified atom stereocenters. The SMILES string of the molecule is C=C1CC(O)C2C3C(CCC2(C)O)C(C)CC(=O)C13O. The van der Waals surface area contributed by atoms with Crippen LogP contribution < -0.4 is 0 Å². The second-order valence-corrected chi connectivity index (χ2v) is 7.36. The molecule has 0 aromatic rings. The van der Waals surface area contributed by atoms with Crippen molar-refractivity contribution in [1.29, 1.82) is 0 Å². The number of carbonyl (C=O) groups is 1. The van der Waals surface area contributed by atoms with E-state index in [1.165, 1.54) is 0 Å². The molecule has 7 atom stereocenters. The number of aliphatic hydroxyl groups is 3. The number of hydrogen-bond donors (Lipinski definition) is 3. The lowest BCUT2D eigenvalue weighted by Gasteiger charge is -2.60. The second kappa shape index (κ2) is 4.15. The summed E-state index contributed by atoms with van der Waals surface area (Å²) in [6.07, 6.45) is 1.22. The highest BCUT2D eigenvalue weighted by molar-refractivity contribution is 5.92. The normalized spacial score (nSPS) is 55.5. The fraction of sp³-hybridized carbons (Fsp3) is 0.812. The van der Waals surface area contributed by atoms with Gasteiger partial charge in [-0.05, 0) is 43.6 Å². The van der Waals surface area contributed by atoms with E-state index < -0.39 is 29.1 Å². The summed E-state index contributed by atoms with van der Waals surface area (Å²) in [6.45, 7) is 7.61. The van der Waals surface area contributed by atoms with Crippen LogP contribution in [0.4, 0.5) is 0 Å². The van der Waals surface area contributed by atoms with E-state index in [0.717, 1.165) is 6.42 Å². The Bertz CT molecular complexity index is 459. The number of ketones is 1. The quantitative estimate of drug-likeness (QED) is 0.579. The molecule has 3 rings (SSSR count). The minimum Gasteiger partial charge on any atom is -0.392 e. The van der Waals surface area contributed by atoms with E-state index in [-0.39, 0.29) is 24.0 Å². The van der Waals surface area contributed by atoms with E-state index in [1.807, 2.05) is 6.92 Å². The van der Waals surface area contributed by atoms with E-state index in [9.17, 15) is 20.1 Å². The maximum Gasteiger partial charge on any atom is 0.169 e. The smallest absolute Gasteiger partial charge is 0.169 e. The number of carbonyl (C=O) groups excluding carboxylic acids is 1. The van der Waals surface area contributed by atoms with Crippen LogP contribution in [-0.4, -0.2) is 38.4 Å². The van der Waals surface area contributed by atoms with Crippen molar-refractivity contribution in [3.63, 3.8) is 0 Å². The highest BCUT2D eigenvalue weighted by Crippen LogP contribution is 2.58. The van der Waals surface area contributed by atoms with Crippen LogP contribution in [0.5, 0.6) is 0 Å². The van der Waals surface area contributed by atoms with Gasteiger partial charge in [-0.2, -0.15) is 0 Å². The minimum absolute atomic E-state index is 0.162. The van der Waals surface area contributed by atoms with Crippen molar-refractivity contribution in [2.24, 2.45) is 23.7 Å². The monoisotopic (exact) mass is 280 g/mol. The van der Waals surface area contributed by atoms with Gasteiger partial charge in [0.05, 0.1) is 11.7 Å². The van der Waals surface area contributed by atoms with Crippen LogP contribution in [0.25, 0.3) is 0 Å². The van der Waals surface area contributed by atoms with E-state index in [4.69, 9.17) is 0 Å². The summed E-state index contributed by atoms with van der Waals surface area (Å²) >= 11 is 0. The minimum atomic E-state index is -1.55. The standard InChI is InChI=1S/C16H24O4/c1-8-6-12(18)16(20)9(2)7-11(17)14-13(16)10(8)4-5-15(14,3)19/h8,10-11,13-14,17,19-20H,2,4-7H2,1,3H3. The molecule has 3 N–H and O–H groups in total. The van der Waals surface area contributed by atoms with Crippen molar-refractivity contribution in [2.75, 3.05) is 0 Å². The largest absolute Gasteiger partial charge is 0.392 e. The van der Waals surface area contributed by atoms with Gasteiger partial charge in [-0.15, -0.1) is 0 Å². The molecule has 0 radical (unpaired) electrons. The van der Waals surface area contributed by atoms with Crippen LogP contribution in [0.1, 0.15) is 39.5 Å². The maximum atomic E-state index is 12.4. The molecule has 0 spiro atoms. The van der Waals surface area contributed by atoms with Gasteiger partial charge >= 0.3 is 0 Å². The zero-order valence-corrected chi connectivity index (χ0v) is 12.2. The summed E-state index contributed by atoms with van der Waals surface area (Å²) in [5.41, 5.74) is -2.16. The Kier molecular flexibility index (Phi) is 2.96. The molecular formula is C16H24O4. The molecule has 3 aliphatic rings. The zero-order valence-electron chi connectivity index (χ0n) is 12.2. The molecular weight excluding hydrogens is 256 g/mol. The third-order valence-corrected chi connectivity index (χ3v) is 6.10. The Labute approximate surface area is 119 Å². The van der Waals surface area contributed by atoms with Gasteiger partial charge in [0, 0.05) is 18.3 Å². The predicted octanol–water partition coefficient (Wildman–Crippen LogP) is 1.04. The maximum absolute atomic E-state index is 12.4. The first-order valence-corrected chi connectivity index (χ1v) is 7.54. The van der Waals surface area contributed by atoms with E-state index in [0.29, 0.717) is 18.4 Å².